The summed E-state index contributed by atoms with van der Waals surface area (Å²) in [4.78, 5) is 19.6. The minimum Gasteiger partial charge on any atom is -0.379 e. The zero-order valence-corrected chi connectivity index (χ0v) is 14.2. The molecule has 0 spiro atoms. The topological polar surface area (TPSA) is 52.3 Å². The van der Waals surface area contributed by atoms with Gasteiger partial charge in [-0.05, 0) is 24.6 Å². The Morgan fingerprint density at radius 2 is 2.04 bits per heavy atom. The number of halogens is 1. The maximum absolute atomic E-state index is 13.6. The van der Waals surface area contributed by atoms with Crippen LogP contribution in [0.2, 0.25) is 0 Å². The van der Waals surface area contributed by atoms with E-state index >= 15 is 0 Å². The van der Waals surface area contributed by atoms with Crippen LogP contribution in [0.4, 0.5) is 4.39 Å². The van der Waals surface area contributed by atoms with Crippen LogP contribution >= 0.6 is 0 Å². The standard InChI is InChI=1S/C18H21FN4O2/c1-21-15-4-3-13(19)11-14(15)16-17(21)18(24)23(12-20-16)6-2-5-22-7-9-25-10-8-22/h3-4,11-12H,2,5-10H2,1H3. The Labute approximate surface area is 144 Å². The summed E-state index contributed by atoms with van der Waals surface area (Å²) in [6.45, 7) is 5.00. The van der Waals surface area contributed by atoms with Gasteiger partial charge in [0.05, 0.1) is 25.1 Å². The van der Waals surface area contributed by atoms with Gasteiger partial charge in [0.2, 0.25) is 0 Å². The van der Waals surface area contributed by atoms with Crippen molar-refractivity contribution in [3.05, 3.63) is 40.7 Å². The minimum absolute atomic E-state index is 0.0777. The van der Waals surface area contributed by atoms with Crippen LogP contribution in [-0.2, 0) is 18.3 Å². The van der Waals surface area contributed by atoms with Crippen LogP contribution < -0.4 is 5.56 Å². The Bertz CT molecular complexity index is 973. The molecule has 1 aliphatic heterocycles. The van der Waals surface area contributed by atoms with E-state index in [1.54, 1.807) is 21.5 Å². The molecule has 4 rings (SSSR count). The first-order valence-electron chi connectivity index (χ1n) is 8.58. The van der Waals surface area contributed by atoms with Crippen molar-refractivity contribution in [2.75, 3.05) is 32.8 Å². The van der Waals surface area contributed by atoms with Gasteiger partial charge in [0.1, 0.15) is 16.9 Å². The summed E-state index contributed by atoms with van der Waals surface area (Å²) in [6, 6.07) is 4.53. The third kappa shape index (κ3) is 2.94. The molecule has 7 heteroatoms. The fourth-order valence-corrected chi connectivity index (χ4v) is 3.54. The second-order valence-corrected chi connectivity index (χ2v) is 6.47. The molecule has 132 valence electrons. The molecule has 0 unspecified atom stereocenters. The largest absolute Gasteiger partial charge is 0.379 e. The van der Waals surface area contributed by atoms with Gasteiger partial charge < -0.3 is 9.30 Å². The molecular weight excluding hydrogens is 323 g/mol. The quantitative estimate of drug-likeness (QED) is 0.724. The minimum atomic E-state index is -0.323. The molecule has 0 aliphatic carbocycles. The predicted molar refractivity (Wildman–Crippen MR) is 94.3 cm³/mol. The lowest BCUT2D eigenvalue weighted by atomic mass is 10.2. The maximum atomic E-state index is 13.6. The number of nitrogens with zero attached hydrogens (tertiary/aromatic N) is 4. The second kappa shape index (κ2) is 6.57. The van der Waals surface area contributed by atoms with E-state index in [1.165, 1.54) is 12.1 Å². The highest BCUT2D eigenvalue weighted by atomic mass is 19.1. The zero-order valence-electron chi connectivity index (χ0n) is 14.2. The number of aryl methyl sites for hydroxylation is 2. The van der Waals surface area contributed by atoms with Crippen LogP contribution in [0, 0.1) is 5.82 Å². The van der Waals surface area contributed by atoms with Crippen molar-refractivity contribution in [3.63, 3.8) is 0 Å². The lowest BCUT2D eigenvalue weighted by molar-refractivity contribution is 0.0369. The van der Waals surface area contributed by atoms with E-state index in [-0.39, 0.29) is 11.4 Å². The summed E-state index contributed by atoms with van der Waals surface area (Å²) < 4.78 is 22.4. The summed E-state index contributed by atoms with van der Waals surface area (Å²) in [5.41, 5.74) is 1.82. The summed E-state index contributed by atoms with van der Waals surface area (Å²) in [7, 11) is 1.82. The molecule has 0 bridgehead atoms. The Balaban J connectivity index is 1.62. The van der Waals surface area contributed by atoms with Gasteiger partial charge in [-0.1, -0.05) is 0 Å². The third-order valence-corrected chi connectivity index (χ3v) is 4.90. The average molecular weight is 344 g/mol. The molecule has 0 N–H and O–H groups in total. The summed E-state index contributed by atoms with van der Waals surface area (Å²) in [5.74, 6) is -0.323. The Hall–Kier alpha value is -2.25. The maximum Gasteiger partial charge on any atom is 0.277 e. The molecule has 25 heavy (non-hydrogen) atoms. The Morgan fingerprint density at radius 3 is 2.84 bits per heavy atom. The van der Waals surface area contributed by atoms with Gasteiger partial charge in [0.15, 0.2) is 0 Å². The van der Waals surface area contributed by atoms with Gasteiger partial charge in [-0.25, -0.2) is 9.37 Å². The number of morpholine rings is 1. The van der Waals surface area contributed by atoms with Crippen molar-refractivity contribution < 1.29 is 9.13 Å². The first kappa shape index (κ1) is 16.2. The van der Waals surface area contributed by atoms with Crippen molar-refractivity contribution in [2.45, 2.75) is 13.0 Å². The van der Waals surface area contributed by atoms with E-state index in [0.717, 1.165) is 44.8 Å². The number of fused-ring (bicyclic) bond motifs is 3. The lowest BCUT2D eigenvalue weighted by Crippen LogP contribution is -2.37. The fourth-order valence-electron chi connectivity index (χ4n) is 3.54. The second-order valence-electron chi connectivity index (χ2n) is 6.47. The van der Waals surface area contributed by atoms with Crippen LogP contribution in [0.3, 0.4) is 0 Å². The van der Waals surface area contributed by atoms with Gasteiger partial charge in [0, 0.05) is 38.6 Å². The fraction of sp³-hybridized carbons (Fsp3) is 0.444. The average Bonchev–Trinajstić information content (AvgIpc) is 2.90. The first-order chi connectivity index (χ1) is 12.1. The van der Waals surface area contributed by atoms with Crippen molar-refractivity contribution in [2.24, 2.45) is 7.05 Å². The smallest absolute Gasteiger partial charge is 0.277 e. The van der Waals surface area contributed by atoms with Crippen LogP contribution in [0.1, 0.15) is 6.42 Å². The molecule has 1 aliphatic rings. The SMILES string of the molecule is Cn1c2ccc(F)cc2c2ncn(CCCN3CCOCC3)c(=O)c21. The van der Waals surface area contributed by atoms with Crippen molar-refractivity contribution in [1.29, 1.82) is 0 Å². The molecule has 6 nitrogen and oxygen atoms in total. The zero-order chi connectivity index (χ0) is 17.4. The molecule has 2 aromatic heterocycles. The van der Waals surface area contributed by atoms with Gasteiger partial charge in [0.25, 0.3) is 5.56 Å². The molecule has 1 fully saturated rings. The molecule has 0 saturated carbocycles. The van der Waals surface area contributed by atoms with E-state index in [4.69, 9.17) is 4.74 Å². The molecule has 0 radical (unpaired) electrons. The van der Waals surface area contributed by atoms with Gasteiger partial charge in [-0.3, -0.25) is 14.3 Å². The summed E-state index contributed by atoms with van der Waals surface area (Å²) in [6.07, 6.45) is 2.46. The monoisotopic (exact) mass is 344 g/mol. The van der Waals surface area contributed by atoms with E-state index in [2.05, 4.69) is 9.88 Å². The highest BCUT2D eigenvalue weighted by Gasteiger charge is 2.15. The predicted octanol–water partition coefficient (Wildman–Crippen LogP) is 1.75. The van der Waals surface area contributed by atoms with Crippen LogP contribution in [0.15, 0.2) is 29.3 Å². The molecule has 0 atom stereocenters. The number of benzene rings is 1. The molecule has 3 heterocycles. The van der Waals surface area contributed by atoms with E-state index < -0.39 is 0 Å². The van der Waals surface area contributed by atoms with Crippen LogP contribution in [-0.4, -0.2) is 51.9 Å². The number of rotatable bonds is 4. The van der Waals surface area contributed by atoms with Crippen LogP contribution in [0.25, 0.3) is 21.9 Å². The third-order valence-electron chi connectivity index (χ3n) is 4.90. The number of hydrogen-bond donors (Lipinski definition) is 0. The molecule has 1 saturated heterocycles. The first-order valence-corrected chi connectivity index (χ1v) is 8.58. The van der Waals surface area contributed by atoms with E-state index in [0.29, 0.717) is 23.0 Å². The number of hydrogen-bond acceptors (Lipinski definition) is 4. The lowest BCUT2D eigenvalue weighted by Gasteiger charge is -2.26. The van der Waals surface area contributed by atoms with Gasteiger partial charge in [-0.15, -0.1) is 0 Å². The number of aromatic nitrogens is 3. The highest BCUT2D eigenvalue weighted by molar-refractivity contribution is 6.05. The van der Waals surface area contributed by atoms with E-state index in [9.17, 15) is 9.18 Å². The molecule has 0 amide bonds. The Morgan fingerprint density at radius 1 is 1.24 bits per heavy atom. The van der Waals surface area contributed by atoms with Gasteiger partial charge >= 0.3 is 0 Å². The highest BCUT2D eigenvalue weighted by Crippen LogP contribution is 2.24. The van der Waals surface area contributed by atoms with Crippen molar-refractivity contribution in [3.8, 4) is 0 Å². The molecular formula is C18H21FN4O2. The number of ether oxygens (including phenoxy) is 1. The van der Waals surface area contributed by atoms with Crippen molar-refractivity contribution >= 4 is 21.9 Å². The summed E-state index contributed by atoms with van der Waals surface area (Å²) in [5, 5.41) is 0.676. The normalized spacial score (nSPS) is 16.1. The molecule has 1 aromatic carbocycles. The van der Waals surface area contributed by atoms with E-state index in [1.807, 2.05) is 7.05 Å². The summed E-state index contributed by atoms with van der Waals surface area (Å²) >= 11 is 0. The molecule has 3 aromatic rings. The Kier molecular flexibility index (Phi) is 4.27. The van der Waals surface area contributed by atoms with Crippen molar-refractivity contribution in [1.82, 2.24) is 19.0 Å². The van der Waals surface area contributed by atoms with Crippen LogP contribution in [0.5, 0.6) is 0 Å². The van der Waals surface area contributed by atoms with Gasteiger partial charge in [-0.2, -0.15) is 0 Å².